The Balaban J connectivity index is 2.19. The molecule has 0 spiro atoms. The number of carbonyl (C=O) groups excluding carboxylic acids is 1. The van der Waals surface area contributed by atoms with E-state index in [1.54, 1.807) is 6.07 Å². The first-order valence-corrected chi connectivity index (χ1v) is 5.79. The highest BCUT2D eigenvalue weighted by molar-refractivity contribution is 9.10. The molecule has 0 unspecified atom stereocenters. The van der Waals surface area contributed by atoms with Crippen LogP contribution in [0.1, 0.15) is 16.1 Å². The normalized spacial score (nSPS) is 11.4. The summed E-state index contributed by atoms with van der Waals surface area (Å²) in [4.78, 5) is 11.9. The zero-order valence-electron chi connectivity index (χ0n) is 9.20. The van der Waals surface area contributed by atoms with Gasteiger partial charge in [0, 0.05) is 5.56 Å². The quantitative estimate of drug-likeness (QED) is 0.791. The molecule has 0 N–H and O–H groups in total. The monoisotopic (exact) mass is 334 g/mol. The summed E-state index contributed by atoms with van der Waals surface area (Å²) < 4.78 is 45.1. The van der Waals surface area contributed by atoms with Gasteiger partial charge < -0.3 is 9.15 Å². The lowest BCUT2D eigenvalue weighted by Crippen LogP contribution is -2.17. The van der Waals surface area contributed by atoms with Crippen LogP contribution in [0.5, 0.6) is 5.75 Å². The molecule has 1 aromatic heterocycles. The second kappa shape index (κ2) is 5.08. The van der Waals surface area contributed by atoms with Crippen molar-refractivity contribution in [1.82, 2.24) is 0 Å². The van der Waals surface area contributed by atoms with E-state index in [-0.39, 0.29) is 17.1 Å². The molecule has 0 atom stereocenters. The van der Waals surface area contributed by atoms with Gasteiger partial charge in [-0.15, -0.1) is 13.2 Å². The lowest BCUT2D eigenvalue weighted by Gasteiger charge is -2.08. The van der Waals surface area contributed by atoms with Crippen molar-refractivity contribution in [3.05, 3.63) is 52.4 Å². The first-order valence-electron chi connectivity index (χ1n) is 5.00. The number of ketones is 1. The van der Waals surface area contributed by atoms with Crippen LogP contribution in [0.3, 0.4) is 0 Å². The molecule has 1 aromatic carbocycles. The van der Waals surface area contributed by atoms with Crippen LogP contribution in [0.4, 0.5) is 13.2 Å². The number of carbonyl (C=O) groups is 1. The Morgan fingerprint density at radius 1 is 1.16 bits per heavy atom. The predicted octanol–water partition coefficient (Wildman–Crippen LogP) is 4.17. The highest BCUT2D eigenvalue weighted by Gasteiger charge is 2.31. The molecule has 19 heavy (non-hydrogen) atoms. The summed E-state index contributed by atoms with van der Waals surface area (Å²) in [5.74, 6) is -0.734. The lowest BCUT2D eigenvalue weighted by atomic mass is 10.1. The van der Waals surface area contributed by atoms with E-state index in [4.69, 9.17) is 4.42 Å². The zero-order chi connectivity index (χ0) is 14.0. The molecular weight excluding hydrogens is 329 g/mol. The fourth-order valence-electron chi connectivity index (χ4n) is 1.39. The maximum Gasteiger partial charge on any atom is 0.573 e. The Labute approximate surface area is 114 Å². The molecule has 3 nitrogen and oxygen atoms in total. The van der Waals surface area contributed by atoms with Crippen LogP contribution in [0.2, 0.25) is 0 Å². The van der Waals surface area contributed by atoms with E-state index in [9.17, 15) is 18.0 Å². The summed E-state index contributed by atoms with van der Waals surface area (Å²) in [6, 6.07) is 6.15. The summed E-state index contributed by atoms with van der Waals surface area (Å²) in [5.41, 5.74) is 0.199. The van der Waals surface area contributed by atoms with E-state index < -0.39 is 12.1 Å². The van der Waals surface area contributed by atoms with Gasteiger partial charge in [0.1, 0.15) is 5.75 Å². The van der Waals surface area contributed by atoms with Gasteiger partial charge in [-0.1, -0.05) is 0 Å². The Morgan fingerprint density at radius 2 is 1.79 bits per heavy atom. The average Bonchev–Trinajstić information content (AvgIpc) is 2.73. The molecule has 100 valence electrons. The third-order valence-corrected chi connectivity index (χ3v) is 2.80. The predicted molar refractivity (Wildman–Crippen MR) is 63.0 cm³/mol. The smallest absolute Gasteiger partial charge is 0.460 e. The first kappa shape index (κ1) is 13.7. The van der Waals surface area contributed by atoms with Gasteiger partial charge in [-0.25, -0.2) is 0 Å². The minimum absolute atomic E-state index is 0.0875. The van der Waals surface area contributed by atoms with E-state index in [0.29, 0.717) is 4.47 Å². The number of furan rings is 1. The van der Waals surface area contributed by atoms with E-state index >= 15 is 0 Å². The van der Waals surface area contributed by atoms with Crippen molar-refractivity contribution in [1.29, 1.82) is 0 Å². The van der Waals surface area contributed by atoms with Crippen LogP contribution in [-0.2, 0) is 0 Å². The molecule has 0 bridgehead atoms. The number of hydrogen-bond acceptors (Lipinski definition) is 3. The van der Waals surface area contributed by atoms with Gasteiger partial charge in [-0.3, -0.25) is 4.79 Å². The number of benzene rings is 1. The van der Waals surface area contributed by atoms with Crippen LogP contribution in [0, 0.1) is 0 Å². The molecule has 0 radical (unpaired) electrons. The van der Waals surface area contributed by atoms with E-state index in [1.165, 1.54) is 18.4 Å². The van der Waals surface area contributed by atoms with Crippen LogP contribution < -0.4 is 4.74 Å². The highest BCUT2D eigenvalue weighted by atomic mass is 79.9. The summed E-state index contributed by atoms with van der Waals surface area (Å²) in [5, 5.41) is 0. The molecule has 0 fully saturated rings. The molecule has 2 aromatic rings. The summed E-state index contributed by atoms with van der Waals surface area (Å²) in [6.07, 6.45) is -3.42. The van der Waals surface area contributed by atoms with Crippen LogP contribution in [0.15, 0.2) is 45.5 Å². The molecule has 0 saturated heterocycles. The summed E-state index contributed by atoms with van der Waals surface area (Å²) >= 11 is 3.13. The third kappa shape index (κ3) is 3.37. The van der Waals surface area contributed by atoms with Gasteiger partial charge in [-0.2, -0.15) is 0 Å². The molecular formula is C12H6BrF3O3. The minimum atomic E-state index is -4.75. The van der Waals surface area contributed by atoms with Gasteiger partial charge >= 0.3 is 6.36 Å². The Morgan fingerprint density at radius 3 is 2.26 bits per heavy atom. The minimum Gasteiger partial charge on any atom is -0.460 e. The van der Waals surface area contributed by atoms with Gasteiger partial charge in [0.15, 0.2) is 5.76 Å². The van der Waals surface area contributed by atoms with Crippen molar-refractivity contribution in [2.24, 2.45) is 0 Å². The molecule has 2 rings (SSSR count). The third-order valence-electron chi connectivity index (χ3n) is 2.17. The number of hydrogen-bond donors (Lipinski definition) is 0. The van der Waals surface area contributed by atoms with Gasteiger partial charge in [0.2, 0.25) is 5.78 Å². The largest absolute Gasteiger partial charge is 0.573 e. The fourth-order valence-corrected chi connectivity index (χ4v) is 1.78. The van der Waals surface area contributed by atoms with Gasteiger partial charge in [0.05, 0.1) is 10.7 Å². The van der Waals surface area contributed by atoms with Crippen molar-refractivity contribution in [3.8, 4) is 5.75 Å². The second-order valence-corrected chi connectivity index (χ2v) is 4.35. The maximum atomic E-state index is 12.0. The number of rotatable bonds is 3. The number of halogens is 4. The van der Waals surface area contributed by atoms with Gasteiger partial charge in [0.25, 0.3) is 0 Å². The topological polar surface area (TPSA) is 39.4 Å². The molecule has 0 aliphatic carbocycles. The lowest BCUT2D eigenvalue weighted by molar-refractivity contribution is -0.274. The van der Waals surface area contributed by atoms with Crippen molar-refractivity contribution in [2.45, 2.75) is 6.36 Å². The first-order chi connectivity index (χ1) is 8.87. The molecule has 0 aliphatic rings. The average molecular weight is 335 g/mol. The van der Waals surface area contributed by atoms with E-state index in [1.807, 2.05) is 0 Å². The van der Waals surface area contributed by atoms with E-state index in [0.717, 1.165) is 12.1 Å². The summed E-state index contributed by atoms with van der Waals surface area (Å²) in [6.45, 7) is 0. The van der Waals surface area contributed by atoms with E-state index in [2.05, 4.69) is 20.7 Å². The van der Waals surface area contributed by atoms with Gasteiger partial charge in [-0.05, 0) is 46.3 Å². The molecule has 7 heteroatoms. The molecule has 0 amide bonds. The molecule has 1 heterocycles. The highest BCUT2D eigenvalue weighted by Crippen LogP contribution is 2.25. The second-order valence-electron chi connectivity index (χ2n) is 3.50. The zero-order valence-corrected chi connectivity index (χ0v) is 10.8. The fraction of sp³-hybridized carbons (Fsp3) is 0.0833. The van der Waals surface area contributed by atoms with Crippen LogP contribution in [-0.4, -0.2) is 12.1 Å². The molecule has 0 aliphatic heterocycles. The number of alkyl halides is 3. The SMILES string of the molecule is O=C(c1ccc(OC(F)(F)F)cc1)c1occc1Br. The standard InChI is InChI=1S/C12H6BrF3O3/c13-9-5-6-18-11(9)10(17)7-1-3-8(4-2-7)19-12(14,15)16/h1-6H. The Hall–Kier alpha value is -1.76. The Bertz CT molecular complexity index is 587. The van der Waals surface area contributed by atoms with Crippen LogP contribution >= 0.6 is 15.9 Å². The van der Waals surface area contributed by atoms with Crippen molar-refractivity contribution < 1.29 is 27.1 Å². The Kier molecular flexibility index (Phi) is 3.66. The van der Waals surface area contributed by atoms with Crippen LogP contribution in [0.25, 0.3) is 0 Å². The molecule has 0 saturated carbocycles. The van der Waals surface area contributed by atoms with Crippen molar-refractivity contribution in [2.75, 3.05) is 0 Å². The summed E-state index contributed by atoms with van der Waals surface area (Å²) in [7, 11) is 0. The van der Waals surface area contributed by atoms with Crippen molar-refractivity contribution in [3.63, 3.8) is 0 Å². The maximum absolute atomic E-state index is 12.0. The van der Waals surface area contributed by atoms with Crippen molar-refractivity contribution >= 4 is 21.7 Å². The number of ether oxygens (including phenoxy) is 1.